The predicted molar refractivity (Wildman–Crippen MR) is 89.2 cm³/mol. The van der Waals surface area contributed by atoms with Crippen molar-refractivity contribution in [2.75, 3.05) is 0 Å². The van der Waals surface area contributed by atoms with Crippen LogP contribution in [0.1, 0.15) is 35.2 Å². The highest BCUT2D eigenvalue weighted by molar-refractivity contribution is 9.10. The first kappa shape index (κ1) is 16.2. The second kappa shape index (κ2) is 7.75. The molecule has 2 aromatic carbocycles. The van der Waals surface area contributed by atoms with Crippen LogP contribution in [0.3, 0.4) is 0 Å². The maximum atomic E-state index is 11.9. The molecule has 0 saturated heterocycles. The Kier molecular flexibility index (Phi) is 5.72. The molecule has 0 spiro atoms. The van der Waals surface area contributed by atoms with Gasteiger partial charge >= 0.3 is 0 Å². The van der Waals surface area contributed by atoms with E-state index in [1.807, 2.05) is 37.3 Å². The Morgan fingerprint density at radius 3 is 2.27 bits per heavy atom. The summed E-state index contributed by atoms with van der Waals surface area (Å²) in [6.45, 7) is 1.98. The van der Waals surface area contributed by atoms with Gasteiger partial charge in [-0.25, -0.2) is 0 Å². The predicted octanol–water partition coefficient (Wildman–Crippen LogP) is 3.40. The van der Waals surface area contributed by atoms with Gasteiger partial charge in [0.2, 0.25) is 5.91 Å². The molecule has 1 atom stereocenters. The number of carbonyl (C=O) groups excluding carboxylic acids is 2. The molecule has 0 aliphatic carbocycles. The van der Waals surface area contributed by atoms with Crippen molar-refractivity contribution in [3.05, 3.63) is 70.2 Å². The summed E-state index contributed by atoms with van der Waals surface area (Å²) in [7, 11) is 0. The third-order valence-electron chi connectivity index (χ3n) is 3.28. The summed E-state index contributed by atoms with van der Waals surface area (Å²) < 4.78 is 0.893. The summed E-state index contributed by atoms with van der Waals surface area (Å²) in [6.07, 6.45) is 0.310. The zero-order chi connectivity index (χ0) is 15.9. The fourth-order valence-electron chi connectivity index (χ4n) is 2.03. The molecule has 5 heteroatoms. The number of halogens is 1. The molecule has 0 heterocycles. The van der Waals surface area contributed by atoms with E-state index in [0.717, 1.165) is 10.0 Å². The van der Waals surface area contributed by atoms with Crippen molar-refractivity contribution in [2.45, 2.75) is 19.3 Å². The lowest BCUT2D eigenvalue weighted by atomic mass is 9.98. The molecule has 0 aliphatic rings. The molecule has 0 aromatic heterocycles. The average Bonchev–Trinajstić information content (AvgIpc) is 2.54. The van der Waals surface area contributed by atoms with E-state index >= 15 is 0 Å². The van der Waals surface area contributed by atoms with Crippen LogP contribution >= 0.6 is 15.9 Å². The van der Waals surface area contributed by atoms with Gasteiger partial charge in [0, 0.05) is 16.5 Å². The van der Waals surface area contributed by atoms with Crippen LogP contribution < -0.4 is 10.9 Å². The summed E-state index contributed by atoms with van der Waals surface area (Å²) in [5.41, 5.74) is 6.45. The Bertz CT molecular complexity index is 641. The molecule has 2 amide bonds. The van der Waals surface area contributed by atoms with Crippen molar-refractivity contribution in [2.24, 2.45) is 0 Å². The van der Waals surface area contributed by atoms with Crippen LogP contribution in [-0.2, 0) is 4.79 Å². The van der Waals surface area contributed by atoms with Gasteiger partial charge in [-0.15, -0.1) is 0 Å². The van der Waals surface area contributed by atoms with E-state index in [1.165, 1.54) is 0 Å². The molecule has 4 nitrogen and oxygen atoms in total. The first-order chi connectivity index (χ1) is 10.6. The maximum Gasteiger partial charge on any atom is 0.269 e. The van der Waals surface area contributed by atoms with Gasteiger partial charge in [-0.05, 0) is 35.7 Å². The third-order valence-corrected chi connectivity index (χ3v) is 3.81. The second-order valence-electron chi connectivity index (χ2n) is 5.03. The van der Waals surface area contributed by atoms with Crippen LogP contribution in [0.25, 0.3) is 0 Å². The fraction of sp³-hybridized carbons (Fsp3) is 0.176. The quantitative estimate of drug-likeness (QED) is 0.820. The minimum Gasteiger partial charge on any atom is -0.273 e. The third kappa shape index (κ3) is 4.70. The van der Waals surface area contributed by atoms with Crippen LogP contribution in [0.5, 0.6) is 0 Å². The van der Waals surface area contributed by atoms with E-state index in [9.17, 15) is 9.59 Å². The van der Waals surface area contributed by atoms with Crippen LogP contribution in [0.4, 0.5) is 0 Å². The van der Waals surface area contributed by atoms with Gasteiger partial charge in [0.15, 0.2) is 0 Å². The molecule has 22 heavy (non-hydrogen) atoms. The number of rotatable bonds is 4. The van der Waals surface area contributed by atoms with Gasteiger partial charge in [0.25, 0.3) is 5.91 Å². The topological polar surface area (TPSA) is 58.2 Å². The number of hydrazine groups is 1. The van der Waals surface area contributed by atoms with E-state index in [-0.39, 0.29) is 17.7 Å². The minimum atomic E-state index is -0.340. The van der Waals surface area contributed by atoms with E-state index < -0.39 is 0 Å². The molecule has 0 saturated carbocycles. The molecular formula is C17H17BrN2O2. The lowest BCUT2D eigenvalue weighted by Gasteiger charge is -2.12. The van der Waals surface area contributed by atoms with Gasteiger partial charge in [-0.1, -0.05) is 53.2 Å². The molecule has 2 rings (SSSR count). The summed E-state index contributed by atoms with van der Waals surface area (Å²) >= 11 is 3.30. The van der Waals surface area contributed by atoms with Crippen LogP contribution in [-0.4, -0.2) is 11.8 Å². The highest BCUT2D eigenvalue weighted by atomic mass is 79.9. The molecule has 0 fully saturated rings. The number of amides is 2. The van der Waals surface area contributed by atoms with Crippen molar-refractivity contribution in [3.63, 3.8) is 0 Å². The largest absolute Gasteiger partial charge is 0.273 e. The van der Waals surface area contributed by atoms with Gasteiger partial charge in [0.05, 0.1) is 0 Å². The molecule has 0 unspecified atom stereocenters. The average molecular weight is 361 g/mol. The number of nitrogens with one attached hydrogen (secondary N) is 2. The lowest BCUT2D eigenvalue weighted by Crippen LogP contribution is -2.41. The summed E-state index contributed by atoms with van der Waals surface area (Å²) in [4.78, 5) is 23.8. The molecule has 2 N–H and O–H groups in total. The van der Waals surface area contributed by atoms with Crippen molar-refractivity contribution in [1.29, 1.82) is 0 Å². The van der Waals surface area contributed by atoms with E-state index in [0.29, 0.717) is 12.0 Å². The summed E-state index contributed by atoms with van der Waals surface area (Å²) in [6, 6.07) is 16.7. The monoisotopic (exact) mass is 360 g/mol. The number of hydrogen-bond donors (Lipinski definition) is 2. The Morgan fingerprint density at radius 1 is 1.00 bits per heavy atom. The first-order valence-electron chi connectivity index (χ1n) is 6.96. The van der Waals surface area contributed by atoms with Gasteiger partial charge in [-0.2, -0.15) is 0 Å². The standard InChI is InChI=1S/C17H17BrN2O2/c1-12(13-5-3-2-4-6-13)11-16(21)19-20-17(22)14-7-9-15(18)10-8-14/h2-10,12H,11H2,1H3,(H,19,21)(H,20,22)/t12-/m1/s1. The highest BCUT2D eigenvalue weighted by Crippen LogP contribution is 2.17. The maximum absolute atomic E-state index is 11.9. The Morgan fingerprint density at radius 2 is 1.64 bits per heavy atom. The Hall–Kier alpha value is -2.14. The fourth-order valence-corrected chi connectivity index (χ4v) is 2.29. The lowest BCUT2D eigenvalue weighted by molar-refractivity contribution is -0.122. The normalized spacial score (nSPS) is 11.5. The van der Waals surface area contributed by atoms with Crippen molar-refractivity contribution in [1.82, 2.24) is 10.9 Å². The van der Waals surface area contributed by atoms with Crippen LogP contribution in [0.2, 0.25) is 0 Å². The number of benzene rings is 2. The smallest absolute Gasteiger partial charge is 0.269 e. The van der Waals surface area contributed by atoms with Crippen molar-refractivity contribution < 1.29 is 9.59 Å². The summed E-state index contributed by atoms with van der Waals surface area (Å²) in [5.74, 6) is -0.471. The van der Waals surface area contributed by atoms with E-state index in [1.54, 1.807) is 24.3 Å². The van der Waals surface area contributed by atoms with E-state index in [4.69, 9.17) is 0 Å². The molecular weight excluding hydrogens is 344 g/mol. The van der Waals surface area contributed by atoms with Gasteiger partial charge in [0.1, 0.15) is 0 Å². The van der Waals surface area contributed by atoms with Crippen LogP contribution in [0.15, 0.2) is 59.1 Å². The van der Waals surface area contributed by atoms with E-state index in [2.05, 4.69) is 26.8 Å². The molecule has 0 aliphatic heterocycles. The molecule has 114 valence electrons. The highest BCUT2D eigenvalue weighted by Gasteiger charge is 2.12. The Balaban J connectivity index is 1.82. The molecule has 0 radical (unpaired) electrons. The second-order valence-corrected chi connectivity index (χ2v) is 5.94. The number of hydrogen-bond acceptors (Lipinski definition) is 2. The zero-order valence-electron chi connectivity index (χ0n) is 12.2. The summed E-state index contributed by atoms with van der Waals surface area (Å²) in [5, 5.41) is 0. The van der Waals surface area contributed by atoms with Gasteiger partial charge in [-0.3, -0.25) is 20.4 Å². The van der Waals surface area contributed by atoms with Gasteiger partial charge < -0.3 is 0 Å². The van der Waals surface area contributed by atoms with Crippen LogP contribution in [0, 0.1) is 0 Å². The first-order valence-corrected chi connectivity index (χ1v) is 7.75. The Labute approximate surface area is 138 Å². The molecule has 2 aromatic rings. The SMILES string of the molecule is C[C@H](CC(=O)NNC(=O)c1ccc(Br)cc1)c1ccccc1. The van der Waals surface area contributed by atoms with Crippen molar-refractivity contribution >= 4 is 27.7 Å². The minimum absolute atomic E-state index is 0.0887. The molecule has 0 bridgehead atoms. The zero-order valence-corrected chi connectivity index (χ0v) is 13.8. The number of carbonyl (C=O) groups is 2. The van der Waals surface area contributed by atoms with Crippen molar-refractivity contribution in [3.8, 4) is 0 Å².